The Hall–Kier alpha value is -0.500. The fourth-order valence-corrected chi connectivity index (χ4v) is 5.33. The number of nitrogens with zero attached hydrogens (tertiary/aromatic N) is 2. The average Bonchev–Trinajstić information content (AvgIpc) is 2.89. The van der Waals surface area contributed by atoms with Gasteiger partial charge in [0.05, 0.1) is 0 Å². The second-order valence-electron chi connectivity index (χ2n) is 5.28. The van der Waals surface area contributed by atoms with Gasteiger partial charge in [-0.25, -0.2) is 8.42 Å². The van der Waals surface area contributed by atoms with Crippen molar-refractivity contribution in [3.63, 3.8) is 0 Å². The van der Waals surface area contributed by atoms with Crippen molar-refractivity contribution in [2.45, 2.75) is 44.0 Å². The predicted octanol–water partition coefficient (Wildman–Crippen LogP) is 1.74. The van der Waals surface area contributed by atoms with Gasteiger partial charge in [-0.1, -0.05) is 13.8 Å². The summed E-state index contributed by atoms with van der Waals surface area (Å²) < 4.78 is 29.2. The van der Waals surface area contributed by atoms with E-state index in [0.717, 1.165) is 24.5 Å². The monoisotopic (exact) mass is 331 g/mol. The summed E-state index contributed by atoms with van der Waals surface area (Å²) >= 11 is 1.84. The Kier molecular flexibility index (Phi) is 5.76. The SMILES string of the molecule is CCNCc1cc(S(=O)(=O)N2CCSC(C)C2)cn1CC. The first kappa shape index (κ1) is 16.9. The lowest BCUT2D eigenvalue weighted by atomic mass is 10.4. The average molecular weight is 332 g/mol. The molecule has 2 rings (SSSR count). The minimum Gasteiger partial charge on any atom is -0.349 e. The van der Waals surface area contributed by atoms with Crippen molar-refractivity contribution in [2.75, 3.05) is 25.4 Å². The van der Waals surface area contributed by atoms with Gasteiger partial charge in [0.15, 0.2) is 0 Å². The number of thioether (sulfide) groups is 1. The van der Waals surface area contributed by atoms with E-state index in [1.165, 1.54) is 0 Å². The lowest BCUT2D eigenvalue weighted by Crippen LogP contribution is -2.40. The largest absolute Gasteiger partial charge is 0.349 e. The van der Waals surface area contributed by atoms with Crippen LogP contribution in [0.2, 0.25) is 0 Å². The van der Waals surface area contributed by atoms with Crippen LogP contribution in [0.1, 0.15) is 26.5 Å². The summed E-state index contributed by atoms with van der Waals surface area (Å²) in [7, 11) is -3.36. The van der Waals surface area contributed by atoms with E-state index >= 15 is 0 Å². The van der Waals surface area contributed by atoms with Crippen LogP contribution in [0.15, 0.2) is 17.2 Å². The molecule has 5 nitrogen and oxygen atoms in total. The molecular weight excluding hydrogens is 306 g/mol. The molecule has 2 heterocycles. The second kappa shape index (κ2) is 7.17. The topological polar surface area (TPSA) is 54.3 Å². The molecular formula is C14H25N3O2S2. The van der Waals surface area contributed by atoms with Gasteiger partial charge in [-0.2, -0.15) is 16.1 Å². The first-order valence-electron chi connectivity index (χ1n) is 7.50. The van der Waals surface area contributed by atoms with Crippen LogP contribution in [0.5, 0.6) is 0 Å². The van der Waals surface area contributed by atoms with Crippen molar-refractivity contribution in [1.82, 2.24) is 14.2 Å². The van der Waals surface area contributed by atoms with Crippen LogP contribution >= 0.6 is 11.8 Å². The summed E-state index contributed by atoms with van der Waals surface area (Å²) in [5, 5.41) is 3.62. The number of sulfonamides is 1. The first-order chi connectivity index (χ1) is 9.98. The number of hydrogen-bond acceptors (Lipinski definition) is 4. The molecule has 1 fully saturated rings. The molecule has 1 aliphatic heterocycles. The van der Waals surface area contributed by atoms with Gasteiger partial charge in [-0.05, 0) is 19.5 Å². The van der Waals surface area contributed by atoms with Gasteiger partial charge in [-0.15, -0.1) is 0 Å². The molecule has 0 spiro atoms. The standard InChI is InChI=1S/C14H25N3O2S2/c1-4-15-9-13-8-14(11-16(13)5-2)21(18,19)17-6-7-20-12(3)10-17/h8,11-12,15H,4-7,9-10H2,1-3H3. The van der Waals surface area contributed by atoms with Gasteiger partial charge < -0.3 is 9.88 Å². The number of aryl methyl sites for hydroxylation is 1. The Morgan fingerprint density at radius 1 is 1.43 bits per heavy atom. The molecule has 1 atom stereocenters. The van der Waals surface area contributed by atoms with Crippen molar-refractivity contribution in [3.05, 3.63) is 18.0 Å². The van der Waals surface area contributed by atoms with Gasteiger partial charge >= 0.3 is 0 Å². The Bertz CT molecular complexity index is 569. The fourth-order valence-electron chi connectivity index (χ4n) is 2.52. The van der Waals surface area contributed by atoms with E-state index in [0.29, 0.717) is 29.8 Å². The van der Waals surface area contributed by atoms with E-state index in [4.69, 9.17) is 0 Å². The van der Waals surface area contributed by atoms with Gasteiger partial charge in [0.1, 0.15) is 4.90 Å². The van der Waals surface area contributed by atoms with Crippen LogP contribution in [-0.2, 0) is 23.1 Å². The summed E-state index contributed by atoms with van der Waals surface area (Å²) in [6.07, 6.45) is 1.77. The maximum absolute atomic E-state index is 12.8. The smallest absolute Gasteiger partial charge is 0.244 e. The Morgan fingerprint density at radius 3 is 2.81 bits per heavy atom. The zero-order valence-corrected chi connectivity index (χ0v) is 14.6. The Balaban J connectivity index is 2.25. The molecule has 1 aromatic rings. The highest BCUT2D eigenvalue weighted by molar-refractivity contribution is 8.00. The maximum atomic E-state index is 12.8. The normalized spacial score (nSPS) is 20.8. The summed E-state index contributed by atoms with van der Waals surface area (Å²) in [4.78, 5) is 0.427. The Labute approximate surface area is 132 Å². The zero-order chi connectivity index (χ0) is 15.5. The highest BCUT2D eigenvalue weighted by Crippen LogP contribution is 2.25. The predicted molar refractivity (Wildman–Crippen MR) is 88.2 cm³/mol. The second-order valence-corrected chi connectivity index (χ2v) is 8.76. The first-order valence-corrected chi connectivity index (χ1v) is 9.99. The van der Waals surface area contributed by atoms with Crippen molar-refractivity contribution in [1.29, 1.82) is 0 Å². The molecule has 1 saturated heterocycles. The van der Waals surface area contributed by atoms with Gasteiger partial charge in [0.25, 0.3) is 0 Å². The van der Waals surface area contributed by atoms with Crippen molar-refractivity contribution in [2.24, 2.45) is 0 Å². The van der Waals surface area contributed by atoms with Crippen LogP contribution in [0.25, 0.3) is 0 Å². The number of nitrogens with one attached hydrogen (secondary N) is 1. The fraction of sp³-hybridized carbons (Fsp3) is 0.714. The molecule has 0 saturated carbocycles. The lowest BCUT2D eigenvalue weighted by Gasteiger charge is -2.29. The minimum absolute atomic E-state index is 0.364. The summed E-state index contributed by atoms with van der Waals surface area (Å²) in [5.41, 5.74) is 1.03. The third kappa shape index (κ3) is 3.83. The number of rotatable bonds is 6. The van der Waals surface area contributed by atoms with Gasteiger partial charge in [0, 0.05) is 49.1 Å². The van der Waals surface area contributed by atoms with Crippen LogP contribution in [0.3, 0.4) is 0 Å². The van der Waals surface area contributed by atoms with E-state index < -0.39 is 10.0 Å². The lowest BCUT2D eigenvalue weighted by molar-refractivity contribution is 0.424. The molecule has 7 heteroatoms. The molecule has 1 unspecified atom stereocenters. The number of hydrogen-bond donors (Lipinski definition) is 1. The number of aromatic nitrogens is 1. The third-order valence-electron chi connectivity index (χ3n) is 3.70. The molecule has 0 aromatic carbocycles. The van der Waals surface area contributed by atoms with Crippen LogP contribution < -0.4 is 5.32 Å². The molecule has 1 N–H and O–H groups in total. The van der Waals surface area contributed by atoms with Gasteiger partial charge in [-0.3, -0.25) is 0 Å². The molecule has 1 aliphatic rings. The zero-order valence-electron chi connectivity index (χ0n) is 13.0. The molecule has 120 valence electrons. The minimum atomic E-state index is -3.36. The molecule has 0 bridgehead atoms. The molecule has 0 radical (unpaired) electrons. The van der Waals surface area contributed by atoms with E-state index in [1.54, 1.807) is 10.5 Å². The van der Waals surface area contributed by atoms with Crippen molar-refractivity contribution >= 4 is 21.8 Å². The van der Waals surface area contributed by atoms with E-state index in [9.17, 15) is 8.42 Å². The third-order valence-corrected chi connectivity index (χ3v) is 6.67. The highest BCUT2D eigenvalue weighted by atomic mass is 32.2. The van der Waals surface area contributed by atoms with Crippen molar-refractivity contribution in [3.8, 4) is 0 Å². The van der Waals surface area contributed by atoms with Gasteiger partial charge in [0.2, 0.25) is 10.0 Å². The maximum Gasteiger partial charge on any atom is 0.244 e. The van der Waals surface area contributed by atoms with Crippen LogP contribution in [0, 0.1) is 0 Å². The van der Waals surface area contributed by atoms with Crippen LogP contribution in [0.4, 0.5) is 0 Å². The van der Waals surface area contributed by atoms with E-state index in [1.807, 2.05) is 36.2 Å². The van der Waals surface area contributed by atoms with Crippen molar-refractivity contribution < 1.29 is 8.42 Å². The summed E-state index contributed by atoms with van der Waals surface area (Å²) in [6.45, 7) is 9.73. The molecule has 1 aromatic heterocycles. The molecule has 21 heavy (non-hydrogen) atoms. The van der Waals surface area contributed by atoms with Crippen LogP contribution in [-0.4, -0.2) is 47.9 Å². The molecule has 0 amide bonds. The summed E-state index contributed by atoms with van der Waals surface area (Å²) in [5.74, 6) is 0.874. The van der Waals surface area contributed by atoms with E-state index in [-0.39, 0.29) is 0 Å². The van der Waals surface area contributed by atoms with E-state index in [2.05, 4.69) is 12.2 Å². The summed E-state index contributed by atoms with van der Waals surface area (Å²) in [6, 6.07) is 1.81. The highest BCUT2D eigenvalue weighted by Gasteiger charge is 2.30. The quantitative estimate of drug-likeness (QED) is 0.863. The molecule has 0 aliphatic carbocycles. The Morgan fingerprint density at radius 2 is 2.19 bits per heavy atom.